The van der Waals surface area contributed by atoms with E-state index in [2.05, 4.69) is 5.10 Å². The summed E-state index contributed by atoms with van der Waals surface area (Å²) < 4.78 is 26.8. The van der Waals surface area contributed by atoms with Crippen LogP contribution in [0.15, 0.2) is 28.5 Å². The van der Waals surface area contributed by atoms with Crippen LogP contribution < -0.4 is 4.87 Å². The van der Waals surface area contributed by atoms with Crippen LogP contribution in [0.4, 0.5) is 8.78 Å². The molecule has 0 N–H and O–H groups in total. The van der Waals surface area contributed by atoms with Crippen LogP contribution in [0, 0.1) is 11.6 Å². The fraction of sp³-hybridized carbons (Fsp3) is 0.111. The van der Waals surface area contributed by atoms with Gasteiger partial charge in [-0.3, -0.25) is 4.79 Å². The zero-order chi connectivity index (χ0) is 10.8. The first-order valence-electron chi connectivity index (χ1n) is 4.11. The van der Waals surface area contributed by atoms with Crippen LogP contribution >= 0.6 is 11.3 Å². The van der Waals surface area contributed by atoms with Crippen LogP contribution in [-0.4, -0.2) is 9.78 Å². The minimum Gasteiger partial charge on any atom is -0.255 e. The fourth-order valence-corrected chi connectivity index (χ4v) is 1.70. The largest absolute Gasteiger partial charge is 0.325 e. The van der Waals surface area contributed by atoms with Gasteiger partial charge in [0.25, 0.3) is 0 Å². The van der Waals surface area contributed by atoms with E-state index in [1.165, 1.54) is 17.6 Å². The van der Waals surface area contributed by atoms with Gasteiger partial charge in [0.1, 0.15) is 17.1 Å². The average molecular weight is 228 g/mol. The molecule has 1 aromatic carbocycles. The lowest BCUT2D eigenvalue weighted by Crippen LogP contribution is -2.15. The highest BCUT2D eigenvalue weighted by Crippen LogP contribution is 2.08. The van der Waals surface area contributed by atoms with E-state index in [0.29, 0.717) is 5.56 Å². The third-order valence-electron chi connectivity index (χ3n) is 1.81. The van der Waals surface area contributed by atoms with Gasteiger partial charge < -0.3 is 0 Å². The van der Waals surface area contributed by atoms with Gasteiger partial charge in [-0.05, 0) is 17.7 Å². The minimum absolute atomic E-state index is 0.0804. The van der Waals surface area contributed by atoms with Crippen molar-refractivity contribution < 1.29 is 8.78 Å². The van der Waals surface area contributed by atoms with Crippen LogP contribution in [0.1, 0.15) is 5.56 Å². The highest BCUT2D eigenvalue weighted by atomic mass is 32.1. The van der Waals surface area contributed by atoms with Gasteiger partial charge in [0.15, 0.2) is 0 Å². The highest BCUT2D eigenvalue weighted by molar-refractivity contribution is 7.06. The summed E-state index contributed by atoms with van der Waals surface area (Å²) in [7, 11) is 0. The van der Waals surface area contributed by atoms with Crippen molar-refractivity contribution in [3.63, 3.8) is 0 Å². The number of nitrogens with zero attached hydrogens (tertiary/aromatic N) is 2. The van der Waals surface area contributed by atoms with E-state index in [-0.39, 0.29) is 11.4 Å². The second-order valence-electron chi connectivity index (χ2n) is 2.94. The first kappa shape index (κ1) is 9.97. The van der Waals surface area contributed by atoms with Gasteiger partial charge in [-0.1, -0.05) is 11.3 Å². The summed E-state index contributed by atoms with van der Waals surface area (Å²) in [5, 5.41) is 3.75. The molecule has 15 heavy (non-hydrogen) atoms. The van der Waals surface area contributed by atoms with Crippen molar-refractivity contribution in [2.45, 2.75) is 6.54 Å². The van der Waals surface area contributed by atoms with Gasteiger partial charge in [-0.15, -0.1) is 0 Å². The number of halogens is 2. The summed E-state index contributed by atoms with van der Waals surface area (Å²) in [4.78, 5) is 10.9. The molecule has 0 aliphatic rings. The first-order chi connectivity index (χ1) is 7.15. The standard InChI is InChI=1S/C9H6F2N2OS/c10-7-1-6(2-8(11)3-7)4-13-9(14)15-5-12-13/h1-3,5H,4H2. The molecule has 0 amide bonds. The van der Waals surface area contributed by atoms with Crippen LogP contribution in [-0.2, 0) is 6.54 Å². The maximum atomic E-state index is 12.8. The monoisotopic (exact) mass is 228 g/mol. The van der Waals surface area contributed by atoms with E-state index in [4.69, 9.17) is 0 Å². The van der Waals surface area contributed by atoms with Crippen molar-refractivity contribution in [2.24, 2.45) is 0 Å². The van der Waals surface area contributed by atoms with Crippen LogP contribution in [0.3, 0.4) is 0 Å². The normalized spacial score (nSPS) is 10.5. The summed E-state index contributed by atoms with van der Waals surface area (Å²) >= 11 is 0.941. The molecule has 3 nitrogen and oxygen atoms in total. The van der Waals surface area contributed by atoms with Gasteiger partial charge in [-0.2, -0.15) is 5.10 Å². The summed E-state index contributed by atoms with van der Waals surface area (Å²) in [6.45, 7) is 0.0804. The Morgan fingerprint density at radius 2 is 1.93 bits per heavy atom. The van der Waals surface area contributed by atoms with Gasteiger partial charge >= 0.3 is 4.87 Å². The molecular formula is C9H6F2N2OS. The summed E-state index contributed by atoms with van der Waals surface area (Å²) in [6.07, 6.45) is 0. The molecule has 0 aliphatic carbocycles. The predicted molar refractivity (Wildman–Crippen MR) is 51.8 cm³/mol. The molecule has 0 bridgehead atoms. The molecule has 1 heterocycles. The Morgan fingerprint density at radius 1 is 1.27 bits per heavy atom. The zero-order valence-electron chi connectivity index (χ0n) is 7.48. The van der Waals surface area contributed by atoms with Crippen molar-refractivity contribution in [2.75, 3.05) is 0 Å². The third kappa shape index (κ3) is 2.27. The fourth-order valence-electron chi connectivity index (χ4n) is 1.21. The average Bonchev–Trinajstić information content (AvgIpc) is 2.50. The molecule has 0 unspecified atom stereocenters. The summed E-state index contributed by atoms with van der Waals surface area (Å²) in [5.74, 6) is -1.32. The molecule has 6 heteroatoms. The predicted octanol–water partition coefficient (Wildman–Crippen LogP) is 1.63. The SMILES string of the molecule is O=c1scnn1Cc1cc(F)cc(F)c1. The van der Waals surface area contributed by atoms with Gasteiger partial charge in [0.2, 0.25) is 0 Å². The highest BCUT2D eigenvalue weighted by Gasteiger charge is 2.03. The lowest BCUT2D eigenvalue weighted by molar-refractivity contribution is 0.573. The number of benzene rings is 1. The molecule has 0 saturated carbocycles. The van der Waals surface area contributed by atoms with E-state index in [0.717, 1.165) is 22.1 Å². The van der Waals surface area contributed by atoms with E-state index >= 15 is 0 Å². The minimum atomic E-state index is -0.659. The molecule has 2 rings (SSSR count). The molecule has 0 saturated heterocycles. The number of hydrogen-bond acceptors (Lipinski definition) is 3. The Hall–Kier alpha value is -1.56. The molecule has 1 aromatic heterocycles. The summed E-state index contributed by atoms with van der Waals surface area (Å²) in [6, 6.07) is 3.14. The molecule has 78 valence electrons. The lowest BCUT2D eigenvalue weighted by Gasteiger charge is -2.00. The van der Waals surface area contributed by atoms with E-state index in [1.807, 2.05) is 0 Å². The van der Waals surface area contributed by atoms with E-state index in [9.17, 15) is 13.6 Å². The van der Waals surface area contributed by atoms with Crippen molar-refractivity contribution in [1.82, 2.24) is 9.78 Å². The van der Waals surface area contributed by atoms with Crippen molar-refractivity contribution in [1.29, 1.82) is 0 Å². The molecule has 0 atom stereocenters. The second kappa shape index (κ2) is 3.90. The van der Waals surface area contributed by atoms with Crippen molar-refractivity contribution in [3.05, 3.63) is 50.6 Å². The number of aromatic nitrogens is 2. The summed E-state index contributed by atoms with van der Waals surface area (Å²) in [5.41, 5.74) is 1.76. The maximum Gasteiger partial charge on any atom is 0.325 e. The van der Waals surface area contributed by atoms with Crippen LogP contribution in [0.2, 0.25) is 0 Å². The number of rotatable bonds is 2. The molecule has 0 radical (unpaired) electrons. The zero-order valence-corrected chi connectivity index (χ0v) is 8.30. The van der Waals surface area contributed by atoms with Crippen LogP contribution in [0.5, 0.6) is 0 Å². The smallest absolute Gasteiger partial charge is 0.255 e. The Kier molecular flexibility index (Phi) is 2.59. The first-order valence-corrected chi connectivity index (χ1v) is 4.99. The molecule has 0 spiro atoms. The topological polar surface area (TPSA) is 34.9 Å². The van der Waals surface area contributed by atoms with E-state index < -0.39 is 11.6 Å². The molecule has 0 fully saturated rings. The quantitative estimate of drug-likeness (QED) is 0.783. The Labute approximate surface area is 87.6 Å². The maximum absolute atomic E-state index is 12.8. The van der Waals surface area contributed by atoms with Gasteiger partial charge in [0, 0.05) is 6.07 Å². The third-order valence-corrected chi connectivity index (χ3v) is 2.42. The molecular weight excluding hydrogens is 222 g/mol. The van der Waals surface area contributed by atoms with Crippen molar-refractivity contribution >= 4 is 11.3 Å². The Balaban J connectivity index is 2.32. The lowest BCUT2D eigenvalue weighted by atomic mass is 10.2. The van der Waals surface area contributed by atoms with Gasteiger partial charge in [-0.25, -0.2) is 13.5 Å². The number of hydrogen-bond donors (Lipinski definition) is 0. The second-order valence-corrected chi connectivity index (χ2v) is 3.74. The Morgan fingerprint density at radius 3 is 2.47 bits per heavy atom. The van der Waals surface area contributed by atoms with Crippen LogP contribution in [0.25, 0.3) is 0 Å². The molecule has 0 aliphatic heterocycles. The van der Waals surface area contributed by atoms with Gasteiger partial charge in [0.05, 0.1) is 6.54 Å². The van der Waals surface area contributed by atoms with Crippen molar-refractivity contribution in [3.8, 4) is 0 Å². The van der Waals surface area contributed by atoms with E-state index in [1.54, 1.807) is 0 Å². The Bertz CT molecular complexity index is 515. The molecule has 2 aromatic rings.